The summed E-state index contributed by atoms with van der Waals surface area (Å²) in [6.07, 6.45) is 0. The lowest BCUT2D eigenvalue weighted by molar-refractivity contribution is 0.660. The quantitative estimate of drug-likeness (QED) is 0.161. The number of hydrogen-bond acceptors (Lipinski definition) is 1. The molecule has 3 aliphatic rings. The zero-order valence-electron chi connectivity index (χ0n) is 40.1. The highest BCUT2D eigenvalue weighted by Crippen LogP contribution is 2.61. The first-order chi connectivity index (χ1) is 35.5. The second kappa shape index (κ2) is 15.3. The SMILES string of the molecule is CC1(C)c2ccccc2-c2ccc(N(c3ccc(-c4ccc5c(c4)C4(c6ccccc6-5)c5ccccc5-n5c6ccccc6c6cccc4c65)cc3)c3ccccc3-c3ccc(-c4ccccc4)cc3)cc21. The van der Waals surface area contributed by atoms with Crippen LogP contribution in [0.2, 0.25) is 0 Å². The Bertz CT molecular complexity index is 4170. The van der Waals surface area contributed by atoms with Crippen LogP contribution in [0.5, 0.6) is 0 Å². The summed E-state index contributed by atoms with van der Waals surface area (Å²) in [4.78, 5) is 2.47. The number of rotatable bonds is 6. The monoisotopic (exact) mass is 916 g/mol. The van der Waals surface area contributed by atoms with Crippen molar-refractivity contribution in [1.82, 2.24) is 4.57 Å². The minimum atomic E-state index is -0.511. The smallest absolute Gasteiger partial charge is 0.0754 e. The van der Waals surface area contributed by atoms with Crippen molar-refractivity contribution in [2.45, 2.75) is 24.7 Å². The summed E-state index contributed by atoms with van der Waals surface area (Å²) >= 11 is 0. The fourth-order valence-corrected chi connectivity index (χ4v) is 13.2. The molecule has 2 aliphatic carbocycles. The molecule has 0 amide bonds. The molecule has 2 heterocycles. The highest BCUT2D eigenvalue weighted by molar-refractivity contribution is 6.13. The van der Waals surface area contributed by atoms with Crippen LogP contribution in [0.15, 0.2) is 255 Å². The predicted octanol–water partition coefficient (Wildman–Crippen LogP) is 18.2. The molecule has 2 heteroatoms. The van der Waals surface area contributed by atoms with Gasteiger partial charge in [-0.25, -0.2) is 0 Å². The van der Waals surface area contributed by atoms with E-state index >= 15 is 0 Å². The Kier molecular flexibility index (Phi) is 8.66. The van der Waals surface area contributed by atoms with Crippen molar-refractivity contribution < 1.29 is 0 Å². The summed E-state index contributed by atoms with van der Waals surface area (Å²) in [5.41, 5.74) is 26.9. The highest BCUT2D eigenvalue weighted by atomic mass is 15.1. The average molecular weight is 917 g/mol. The largest absolute Gasteiger partial charge is 0.310 e. The lowest BCUT2D eigenvalue weighted by Crippen LogP contribution is -2.33. The third kappa shape index (κ3) is 5.61. The number of nitrogens with zero attached hydrogens (tertiary/aromatic N) is 2. The fraction of sp³-hybridized carbons (Fsp3) is 0.0571. The van der Waals surface area contributed by atoms with Crippen molar-refractivity contribution in [1.29, 1.82) is 0 Å². The summed E-state index contributed by atoms with van der Waals surface area (Å²) in [5.74, 6) is 0. The molecule has 15 rings (SSSR count). The normalized spacial score (nSPS) is 15.2. The van der Waals surface area contributed by atoms with Crippen LogP contribution in [-0.4, -0.2) is 4.57 Å². The molecule has 1 aromatic heterocycles. The molecule has 1 aliphatic heterocycles. The van der Waals surface area contributed by atoms with E-state index in [1.807, 2.05) is 0 Å². The van der Waals surface area contributed by atoms with Gasteiger partial charge in [-0.2, -0.15) is 0 Å². The Balaban J connectivity index is 0.893. The second-order valence-electron chi connectivity index (χ2n) is 20.4. The molecule has 1 atom stereocenters. The van der Waals surface area contributed by atoms with Crippen molar-refractivity contribution in [3.05, 3.63) is 288 Å². The highest BCUT2D eigenvalue weighted by Gasteiger charge is 2.51. The molecule has 1 unspecified atom stereocenters. The second-order valence-corrected chi connectivity index (χ2v) is 20.4. The Morgan fingerprint density at radius 3 is 1.67 bits per heavy atom. The van der Waals surface area contributed by atoms with E-state index in [0.717, 1.165) is 17.1 Å². The van der Waals surface area contributed by atoms with Gasteiger partial charge < -0.3 is 9.47 Å². The van der Waals surface area contributed by atoms with Crippen LogP contribution >= 0.6 is 0 Å². The molecular weight excluding hydrogens is 869 g/mol. The topological polar surface area (TPSA) is 8.17 Å². The van der Waals surface area contributed by atoms with Gasteiger partial charge in [-0.3, -0.25) is 0 Å². The molecule has 0 radical (unpaired) electrons. The van der Waals surface area contributed by atoms with Crippen LogP contribution in [0.1, 0.15) is 47.2 Å². The van der Waals surface area contributed by atoms with Gasteiger partial charge in [0.25, 0.3) is 0 Å². The van der Waals surface area contributed by atoms with E-state index in [-0.39, 0.29) is 5.41 Å². The van der Waals surface area contributed by atoms with Crippen molar-refractivity contribution in [3.63, 3.8) is 0 Å². The summed E-state index contributed by atoms with van der Waals surface area (Å²) in [7, 11) is 0. The third-order valence-corrected chi connectivity index (χ3v) is 16.4. The first kappa shape index (κ1) is 40.9. The van der Waals surface area contributed by atoms with E-state index in [9.17, 15) is 0 Å². The van der Waals surface area contributed by atoms with Crippen LogP contribution in [0, 0.1) is 0 Å². The number of anilines is 3. The van der Waals surface area contributed by atoms with E-state index in [0.29, 0.717) is 0 Å². The Labute approximate surface area is 420 Å². The van der Waals surface area contributed by atoms with Crippen LogP contribution in [0.3, 0.4) is 0 Å². The number of para-hydroxylation sites is 4. The number of aromatic nitrogens is 1. The summed E-state index contributed by atoms with van der Waals surface area (Å²) in [6, 6.07) is 95.3. The number of hydrogen-bond donors (Lipinski definition) is 0. The van der Waals surface area contributed by atoms with Gasteiger partial charge in [-0.1, -0.05) is 220 Å². The van der Waals surface area contributed by atoms with Gasteiger partial charge in [-0.05, 0) is 132 Å². The Morgan fingerprint density at radius 2 is 0.847 bits per heavy atom. The van der Waals surface area contributed by atoms with Crippen LogP contribution in [0.25, 0.3) is 83.1 Å². The van der Waals surface area contributed by atoms with Crippen LogP contribution < -0.4 is 4.90 Å². The van der Waals surface area contributed by atoms with Crippen LogP contribution in [0.4, 0.5) is 17.1 Å². The molecule has 0 saturated carbocycles. The van der Waals surface area contributed by atoms with Crippen molar-refractivity contribution in [2.24, 2.45) is 0 Å². The van der Waals surface area contributed by atoms with Gasteiger partial charge in [0, 0.05) is 33.1 Å². The molecule has 0 saturated heterocycles. The third-order valence-electron chi connectivity index (χ3n) is 16.4. The fourth-order valence-electron chi connectivity index (χ4n) is 13.2. The number of fused-ring (bicyclic) bond motifs is 15. The van der Waals surface area contributed by atoms with Gasteiger partial charge in [0.05, 0.1) is 27.8 Å². The van der Waals surface area contributed by atoms with Crippen molar-refractivity contribution in [2.75, 3.05) is 4.90 Å². The number of benzene rings is 11. The maximum absolute atomic E-state index is 2.52. The molecular formula is C70H48N2. The van der Waals surface area contributed by atoms with Gasteiger partial charge in [0.15, 0.2) is 0 Å². The molecule has 2 nitrogen and oxygen atoms in total. The van der Waals surface area contributed by atoms with Gasteiger partial charge in [0.2, 0.25) is 0 Å². The molecule has 12 aromatic rings. The standard InChI is InChI=1S/C70H48N2/c1-69(2)59-24-10-6-20-53(59)55-42-40-51(44-63(55)69)71(65-28-13-8-19-52(65)48-33-31-46(32-34-48)45-17-4-3-5-18-45)50-38-35-47(36-39-50)49-37-41-56-54-21-7-11-25-60(54)70(64(56)43-49)61-26-12-15-30-67(61)72-66-29-14-9-22-57(66)58-23-16-27-62(70)68(58)72/h3-44H,1-2H3. The Morgan fingerprint density at radius 1 is 0.319 bits per heavy atom. The van der Waals surface area contributed by atoms with Gasteiger partial charge in [0.1, 0.15) is 0 Å². The first-order valence-electron chi connectivity index (χ1n) is 25.3. The van der Waals surface area contributed by atoms with E-state index in [4.69, 9.17) is 0 Å². The lowest BCUT2D eigenvalue weighted by atomic mass is 9.65. The molecule has 1 spiro atoms. The maximum Gasteiger partial charge on any atom is 0.0754 e. The molecule has 11 aromatic carbocycles. The summed E-state index contributed by atoms with van der Waals surface area (Å²) < 4.78 is 2.52. The van der Waals surface area contributed by atoms with E-state index in [1.54, 1.807) is 0 Å². The Hall–Kier alpha value is -8.98. The predicted molar refractivity (Wildman–Crippen MR) is 300 cm³/mol. The summed E-state index contributed by atoms with van der Waals surface area (Å²) in [6.45, 7) is 4.74. The van der Waals surface area contributed by atoms with Crippen molar-refractivity contribution >= 4 is 38.9 Å². The van der Waals surface area contributed by atoms with Gasteiger partial charge in [-0.15, -0.1) is 0 Å². The maximum atomic E-state index is 2.52. The molecule has 0 fully saturated rings. The van der Waals surface area contributed by atoms with Crippen molar-refractivity contribution in [3.8, 4) is 61.3 Å². The first-order valence-corrected chi connectivity index (χ1v) is 25.3. The minimum Gasteiger partial charge on any atom is -0.310 e. The molecule has 0 bridgehead atoms. The zero-order chi connectivity index (χ0) is 47.7. The average Bonchev–Trinajstić information content (AvgIpc) is 4.02. The molecule has 72 heavy (non-hydrogen) atoms. The van der Waals surface area contributed by atoms with Crippen LogP contribution in [-0.2, 0) is 10.8 Å². The van der Waals surface area contributed by atoms with E-state index in [2.05, 4.69) is 278 Å². The van der Waals surface area contributed by atoms with Gasteiger partial charge >= 0.3 is 0 Å². The van der Waals surface area contributed by atoms with E-state index < -0.39 is 5.41 Å². The zero-order valence-corrected chi connectivity index (χ0v) is 40.1. The summed E-state index contributed by atoms with van der Waals surface area (Å²) in [5, 5.41) is 2.58. The molecule has 0 N–H and O–H groups in total. The minimum absolute atomic E-state index is 0.143. The molecule has 338 valence electrons. The lowest BCUT2D eigenvalue weighted by Gasteiger charge is -2.39. The van der Waals surface area contributed by atoms with E-state index in [1.165, 1.54) is 117 Å².